The Morgan fingerprint density at radius 3 is 2.37 bits per heavy atom. The fraction of sp³-hybridized carbons (Fsp3) is 0.286. The molecule has 100 valence electrons. The van der Waals surface area contributed by atoms with E-state index in [9.17, 15) is 4.79 Å². The summed E-state index contributed by atoms with van der Waals surface area (Å²) >= 11 is 0. The quantitative estimate of drug-likeness (QED) is 0.845. The highest BCUT2D eigenvalue weighted by atomic mass is 16.5. The summed E-state index contributed by atoms with van der Waals surface area (Å²) in [5.74, 6) is 0.744. The summed E-state index contributed by atoms with van der Waals surface area (Å²) in [4.78, 5) is 16.7. The van der Waals surface area contributed by atoms with Gasteiger partial charge in [-0.15, -0.1) is 0 Å². The minimum atomic E-state index is -0.221. The second kappa shape index (κ2) is 5.56. The molecule has 2 aromatic rings. The zero-order valence-corrected chi connectivity index (χ0v) is 11.2. The van der Waals surface area contributed by atoms with Crippen molar-refractivity contribution < 1.29 is 14.3 Å². The van der Waals surface area contributed by atoms with Crippen molar-refractivity contribution in [3.8, 4) is 11.5 Å². The summed E-state index contributed by atoms with van der Waals surface area (Å²) in [6.45, 7) is 1.99. The van der Waals surface area contributed by atoms with E-state index in [1.54, 1.807) is 24.4 Å². The first-order chi connectivity index (χ1) is 9.21. The molecule has 0 bridgehead atoms. The number of hydrogen-bond acceptors (Lipinski definition) is 4. The number of methoxy groups -OCH3 is 2. The van der Waals surface area contributed by atoms with Crippen molar-refractivity contribution in [2.24, 2.45) is 0 Å². The molecule has 1 heterocycles. The molecule has 0 atom stereocenters. The normalized spacial score (nSPS) is 10.3. The van der Waals surface area contributed by atoms with Gasteiger partial charge < -0.3 is 9.47 Å². The van der Waals surface area contributed by atoms with Crippen molar-refractivity contribution in [2.45, 2.75) is 13.3 Å². The zero-order valence-electron chi connectivity index (χ0n) is 11.2. The lowest BCUT2D eigenvalue weighted by Crippen LogP contribution is -2.13. The lowest BCUT2D eigenvalue weighted by Gasteiger charge is -2.11. The number of ether oxygens (including phenoxy) is 2. The molecule has 1 aromatic carbocycles. The Balaban J connectivity index is 2.48. The molecule has 0 saturated carbocycles. The monoisotopic (exact) mass is 260 g/mol. The van der Waals surface area contributed by atoms with Gasteiger partial charge in [-0.3, -0.25) is 9.36 Å². The molecule has 5 nitrogen and oxygen atoms in total. The smallest absolute Gasteiger partial charge is 0.270 e. The second-order valence-electron chi connectivity index (χ2n) is 3.97. The Bertz CT molecular complexity index is 568. The van der Waals surface area contributed by atoms with Gasteiger partial charge in [0.2, 0.25) is 0 Å². The second-order valence-corrected chi connectivity index (χ2v) is 3.97. The summed E-state index contributed by atoms with van der Waals surface area (Å²) in [7, 11) is 3.05. The Kier molecular flexibility index (Phi) is 3.85. The molecular formula is C14H16N2O3. The minimum absolute atomic E-state index is 0.221. The van der Waals surface area contributed by atoms with Crippen LogP contribution in [0.5, 0.6) is 11.5 Å². The molecule has 0 aliphatic heterocycles. The molecule has 0 unspecified atom stereocenters. The van der Waals surface area contributed by atoms with Crippen LogP contribution in [0.3, 0.4) is 0 Å². The molecular weight excluding hydrogens is 244 g/mol. The van der Waals surface area contributed by atoms with Gasteiger partial charge >= 0.3 is 0 Å². The van der Waals surface area contributed by atoms with Crippen LogP contribution in [0.15, 0.2) is 30.7 Å². The molecule has 0 radical (unpaired) electrons. The van der Waals surface area contributed by atoms with E-state index in [0.717, 1.165) is 12.1 Å². The summed E-state index contributed by atoms with van der Waals surface area (Å²) in [5.41, 5.74) is 1.26. The number of hydrogen-bond donors (Lipinski definition) is 0. The molecule has 0 N–H and O–H groups in total. The number of aryl methyl sites for hydroxylation is 1. The van der Waals surface area contributed by atoms with Gasteiger partial charge in [0.25, 0.3) is 5.91 Å². The van der Waals surface area contributed by atoms with E-state index in [1.807, 2.05) is 6.92 Å². The topological polar surface area (TPSA) is 53.4 Å². The van der Waals surface area contributed by atoms with Crippen molar-refractivity contribution in [3.05, 3.63) is 42.0 Å². The molecule has 0 saturated heterocycles. The fourth-order valence-corrected chi connectivity index (χ4v) is 1.85. The minimum Gasteiger partial charge on any atom is -0.496 e. The highest BCUT2D eigenvalue weighted by Crippen LogP contribution is 2.29. The Morgan fingerprint density at radius 2 is 1.89 bits per heavy atom. The first-order valence-electron chi connectivity index (χ1n) is 5.99. The maximum atomic E-state index is 12.5. The van der Waals surface area contributed by atoms with Crippen LogP contribution in [0.2, 0.25) is 0 Å². The highest BCUT2D eigenvalue weighted by Gasteiger charge is 2.19. The van der Waals surface area contributed by atoms with Crippen molar-refractivity contribution in [2.75, 3.05) is 14.2 Å². The van der Waals surface area contributed by atoms with Crippen LogP contribution in [0, 0.1) is 0 Å². The van der Waals surface area contributed by atoms with Crippen LogP contribution in [-0.4, -0.2) is 29.7 Å². The van der Waals surface area contributed by atoms with E-state index in [4.69, 9.17) is 9.47 Å². The lowest BCUT2D eigenvalue weighted by atomic mass is 10.1. The first-order valence-corrected chi connectivity index (χ1v) is 5.99. The summed E-state index contributed by atoms with van der Waals surface area (Å²) in [5, 5.41) is 0. The average Bonchev–Trinajstić information content (AvgIpc) is 2.94. The maximum absolute atomic E-state index is 12.5. The van der Waals surface area contributed by atoms with Crippen molar-refractivity contribution in [1.29, 1.82) is 0 Å². The summed E-state index contributed by atoms with van der Waals surface area (Å²) in [6.07, 6.45) is 4.00. The van der Waals surface area contributed by atoms with Gasteiger partial charge in [-0.2, -0.15) is 0 Å². The van der Waals surface area contributed by atoms with Gasteiger partial charge in [-0.25, -0.2) is 4.98 Å². The third-order valence-corrected chi connectivity index (χ3v) is 2.87. The van der Waals surface area contributed by atoms with E-state index in [0.29, 0.717) is 17.1 Å². The van der Waals surface area contributed by atoms with Crippen LogP contribution < -0.4 is 9.47 Å². The molecule has 5 heteroatoms. The Labute approximate surface area is 111 Å². The molecule has 2 rings (SSSR count). The molecule has 19 heavy (non-hydrogen) atoms. The SMILES string of the molecule is CCc1cn(C(=O)c2c(OC)cccc2OC)cn1. The molecule has 0 aliphatic rings. The van der Waals surface area contributed by atoms with Gasteiger partial charge in [-0.1, -0.05) is 13.0 Å². The molecule has 0 fully saturated rings. The van der Waals surface area contributed by atoms with Crippen molar-refractivity contribution >= 4 is 5.91 Å². The van der Waals surface area contributed by atoms with Crippen molar-refractivity contribution in [1.82, 2.24) is 9.55 Å². The standard InChI is InChI=1S/C14H16N2O3/c1-4-10-8-16(9-15-10)14(17)13-11(18-2)6-5-7-12(13)19-3/h5-9H,4H2,1-3H3. The van der Waals surface area contributed by atoms with Crippen molar-refractivity contribution in [3.63, 3.8) is 0 Å². The average molecular weight is 260 g/mol. The lowest BCUT2D eigenvalue weighted by molar-refractivity contribution is 0.0953. The van der Waals surface area contributed by atoms with Crippen LogP contribution >= 0.6 is 0 Å². The van der Waals surface area contributed by atoms with Gasteiger partial charge in [0.15, 0.2) is 0 Å². The highest BCUT2D eigenvalue weighted by molar-refractivity contribution is 6.01. The number of carbonyl (C=O) groups excluding carboxylic acids is 1. The third kappa shape index (κ3) is 2.45. The van der Waals surface area contributed by atoms with Gasteiger partial charge in [0.05, 0.1) is 19.9 Å². The number of rotatable bonds is 4. The summed E-state index contributed by atoms with van der Waals surface area (Å²) in [6, 6.07) is 5.24. The maximum Gasteiger partial charge on any atom is 0.270 e. The summed E-state index contributed by atoms with van der Waals surface area (Å²) < 4.78 is 11.9. The fourth-order valence-electron chi connectivity index (χ4n) is 1.85. The Morgan fingerprint density at radius 1 is 1.26 bits per heavy atom. The van der Waals surface area contributed by atoms with E-state index >= 15 is 0 Å². The molecule has 0 spiro atoms. The molecule has 0 aliphatic carbocycles. The number of carbonyl (C=O) groups is 1. The van der Waals surface area contributed by atoms with Crippen LogP contribution in [-0.2, 0) is 6.42 Å². The van der Waals surface area contributed by atoms with Crippen LogP contribution in [0.4, 0.5) is 0 Å². The predicted octanol–water partition coefficient (Wildman–Crippen LogP) is 2.15. The van der Waals surface area contributed by atoms with Crippen LogP contribution in [0.1, 0.15) is 23.0 Å². The van der Waals surface area contributed by atoms with Gasteiger partial charge in [0.1, 0.15) is 23.4 Å². The first kappa shape index (κ1) is 13.1. The zero-order chi connectivity index (χ0) is 13.8. The largest absolute Gasteiger partial charge is 0.496 e. The number of aromatic nitrogens is 2. The number of benzene rings is 1. The Hall–Kier alpha value is -2.30. The number of nitrogens with zero attached hydrogens (tertiary/aromatic N) is 2. The van der Waals surface area contributed by atoms with E-state index < -0.39 is 0 Å². The van der Waals surface area contributed by atoms with Crippen LogP contribution in [0.25, 0.3) is 0 Å². The third-order valence-electron chi connectivity index (χ3n) is 2.87. The van der Waals surface area contributed by atoms with E-state index in [2.05, 4.69) is 4.98 Å². The molecule has 1 aromatic heterocycles. The van der Waals surface area contributed by atoms with Gasteiger partial charge in [-0.05, 0) is 18.6 Å². The predicted molar refractivity (Wildman–Crippen MR) is 70.9 cm³/mol. The van der Waals surface area contributed by atoms with E-state index in [1.165, 1.54) is 25.1 Å². The van der Waals surface area contributed by atoms with E-state index in [-0.39, 0.29) is 5.91 Å². The number of imidazole rings is 1. The molecule has 0 amide bonds. The van der Waals surface area contributed by atoms with Gasteiger partial charge in [0, 0.05) is 6.20 Å².